The van der Waals surface area contributed by atoms with E-state index in [1.54, 1.807) is 6.07 Å². The van der Waals surface area contributed by atoms with Crippen molar-refractivity contribution < 1.29 is 17.7 Å². The molecule has 2 aromatic rings. The Kier molecular flexibility index (Phi) is 5.56. The van der Waals surface area contributed by atoms with Gasteiger partial charge in [0.2, 0.25) is 5.88 Å². The first kappa shape index (κ1) is 17.7. The third-order valence-corrected chi connectivity index (χ3v) is 4.22. The van der Waals surface area contributed by atoms with E-state index in [1.165, 1.54) is 6.07 Å². The molecule has 126 valence electrons. The Hall–Kier alpha value is -1.70. The highest BCUT2D eigenvalue weighted by Crippen LogP contribution is 2.28. The summed E-state index contributed by atoms with van der Waals surface area (Å²) in [4.78, 5) is 6.47. The molecule has 0 fully saturated rings. The fourth-order valence-corrected chi connectivity index (χ4v) is 3.10. The number of pyridine rings is 1. The number of hydrogen-bond acceptors (Lipinski definition) is 6. The van der Waals surface area contributed by atoms with Crippen molar-refractivity contribution in [2.45, 2.75) is 19.9 Å². The summed E-state index contributed by atoms with van der Waals surface area (Å²) in [5.74, 6) is 0.0312. The molecule has 1 aromatic carbocycles. The molecule has 23 heavy (non-hydrogen) atoms. The van der Waals surface area contributed by atoms with E-state index < -0.39 is 10.1 Å². The molecule has 1 aromatic heterocycles. The highest BCUT2D eigenvalue weighted by Gasteiger charge is 2.20. The van der Waals surface area contributed by atoms with Crippen LogP contribution in [0.5, 0.6) is 5.88 Å². The van der Waals surface area contributed by atoms with Crippen molar-refractivity contribution in [1.29, 1.82) is 0 Å². The van der Waals surface area contributed by atoms with E-state index in [9.17, 15) is 13.5 Å². The van der Waals surface area contributed by atoms with Gasteiger partial charge in [0.1, 0.15) is 0 Å². The molecule has 0 aliphatic carbocycles. The number of likely N-dealkylation sites (N-methyl/N-ethyl adjacent to an activating group) is 1. The van der Waals surface area contributed by atoms with Crippen molar-refractivity contribution in [1.82, 2.24) is 9.88 Å². The number of aliphatic hydroxyl groups excluding tert-OH is 1. The van der Waals surface area contributed by atoms with E-state index >= 15 is 0 Å². The van der Waals surface area contributed by atoms with Gasteiger partial charge in [0.15, 0.2) is 0 Å². The highest BCUT2D eigenvalue weighted by atomic mass is 32.2. The maximum atomic E-state index is 11.3. The largest absolute Gasteiger partial charge is 0.394 e. The van der Waals surface area contributed by atoms with Gasteiger partial charge in [0, 0.05) is 11.5 Å². The summed E-state index contributed by atoms with van der Waals surface area (Å²) in [6.07, 6.45) is 0.983. The Morgan fingerprint density at radius 2 is 1.91 bits per heavy atom. The molecule has 0 radical (unpaired) electrons. The van der Waals surface area contributed by atoms with Crippen molar-refractivity contribution in [2.75, 3.05) is 26.0 Å². The maximum Gasteiger partial charge on any atom is 0.307 e. The molecule has 1 unspecified atom stereocenters. The number of aromatic nitrogens is 1. The lowest BCUT2D eigenvalue weighted by atomic mass is 10.0. The molecule has 6 nitrogen and oxygen atoms in total. The van der Waals surface area contributed by atoms with Crippen LogP contribution in [0.4, 0.5) is 0 Å². The topological polar surface area (TPSA) is 79.7 Å². The number of benzene rings is 1. The second-order valence-electron chi connectivity index (χ2n) is 5.28. The normalized spacial score (nSPS) is 13.4. The molecule has 0 spiro atoms. The summed E-state index contributed by atoms with van der Waals surface area (Å²) < 4.78 is 27.5. The van der Waals surface area contributed by atoms with E-state index in [0.717, 1.165) is 30.3 Å². The number of rotatable bonds is 7. The molecule has 0 bridgehead atoms. The van der Waals surface area contributed by atoms with Gasteiger partial charge < -0.3 is 9.29 Å². The van der Waals surface area contributed by atoms with E-state index in [0.29, 0.717) is 5.52 Å². The molecule has 0 aliphatic rings. The van der Waals surface area contributed by atoms with E-state index in [4.69, 9.17) is 4.18 Å². The molecular weight excluding hydrogens is 316 g/mol. The van der Waals surface area contributed by atoms with Crippen LogP contribution in [-0.4, -0.2) is 49.4 Å². The summed E-state index contributed by atoms with van der Waals surface area (Å²) in [6, 6.07) is 8.80. The van der Waals surface area contributed by atoms with Crippen molar-refractivity contribution in [3.05, 3.63) is 35.9 Å². The van der Waals surface area contributed by atoms with Gasteiger partial charge in [-0.15, -0.1) is 0 Å². The molecule has 1 atom stereocenters. The molecule has 0 saturated heterocycles. The zero-order valence-corrected chi connectivity index (χ0v) is 14.4. The van der Waals surface area contributed by atoms with Crippen LogP contribution >= 0.6 is 0 Å². The van der Waals surface area contributed by atoms with Crippen molar-refractivity contribution >= 4 is 21.0 Å². The summed E-state index contributed by atoms with van der Waals surface area (Å²) >= 11 is 0. The van der Waals surface area contributed by atoms with Gasteiger partial charge >= 0.3 is 10.1 Å². The number of para-hydroxylation sites is 1. The van der Waals surface area contributed by atoms with Crippen molar-refractivity contribution in [3.63, 3.8) is 0 Å². The first-order valence-corrected chi connectivity index (χ1v) is 9.35. The predicted molar refractivity (Wildman–Crippen MR) is 90.0 cm³/mol. The van der Waals surface area contributed by atoms with Crippen LogP contribution in [0.2, 0.25) is 0 Å². The van der Waals surface area contributed by atoms with Gasteiger partial charge in [-0.05, 0) is 24.7 Å². The van der Waals surface area contributed by atoms with Gasteiger partial charge in [0.05, 0.1) is 24.4 Å². The van der Waals surface area contributed by atoms with Gasteiger partial charge in [-0.1, -0.05) is 32.0 Å². The molecule has 1 heterocycles. The van der Waals surface area contributed by atoms with Gasteiger partial charge in [-0.3, -0.25) is 4.90 Å². The smallest absolute Gasteiger partial charge is 0.307 e. The minimum absolute atomic E-state index is 0.0312. The van der Waals surface area contributed by atoms with Crippen molar-refractivity contribution in [3.8, 4) is 5.88 Å². The monoisotopic (exact) mass is 338 g/mol. The Morgan fingerprint density at radius 3 is 2.48 bits per heavy atom. The van der Waals surface area contributed by atoms with Crippen LogP contribution in [0, 0.1) is 0 Å². The number of fused-ring (bicyclic) bond motifs is 1. The highest BCUT2D eigenvalue weighted by molar-refractivity contribution is 7.86. The van der Waals surface area contributed by atoms with Crippen LogP contribution in [0.25, 0.3) is 10.9 Å². The van der Waals surface area contributed by atoms with E-state index in [1.807, 2.05) is 32.0 Å². The summed E-state index contributed by atoms with van der Waals surface area (Å²) in [6.45, 7) is 5.60. The van der Waals surface area contributed by atoms with Crippen molar-refractivity contribution in [2.24, 2.45) is 0 Å². The Labute approximate surface area is 136 Å². The summed E-state index contributed by atoms with van der Waals surface area (Å²) in [5.41, 5.74) is 1.49. The fraction of sp³-hybridized carbons (Fsp3) is 0.438. The maximum absolute atomic E-state index is 11.3. The Bertz CT molecular complexity index is 773. The minimum atomic E-state index is -3.63. The quantitative estimate of drug-likeness (QED) is 0.777. The molecule has 2 rings (SSSR count). The van der Waals surface area contributed by atoms with Gasteiger partial charge in [-0.2, -0.15) is 8.42 Å². The third kappa shape index (κ3) is 4.19. The van der Waals surface area contributed by atoms with Gasteiger partial charge in [-0.25, -0.2) is 4.98 Å². The Balaban J connectivity index is 2.56. The second kappa shape index (κ2) is 7.25. The van der Waals surface area contributed by atoms with E-state index in [2.05, 4.69) is 9.88 Å². The van der Waals surface area contributed by atoms with Gasteiger partial charge in [0.25, 0.3) is 0 Å². The first-order chi connectivity index (χ1) is 10.9. The lowest BCUT2D eigenvalue weighted by Gasteiger charge is -2.29. The molecule has 7 heteroatoms. The van der Waals surface area contributed by atoms with Crippen LogP contribution < -0.4 is 4.18 Å². The number of hydrogen-bond donors (Lipinski definition) is 1. The standard InChI is InChI=1S/C16H22N2O4S/c1-4-18(5-2)14(11-19)13-8-6-7-12-9-10-15(17-16(12)13)22-23(3,20)21/h6-10,14,19H,4-5,11H2,1-3H3. The summed E-state index contributed by atoms with van der Waals surface area (Å²) in [7, 11) is -3.63. The number of nitrogens with zero attached hydrogens (tertiary/aromatic N) is 2. The lowest BCUT2D eigenvalue weighted by molar-refractivity contribution is 0.134. The van der Waals surface area contributed by atoms with E-state index in [-0.39, 0.29) is 18.5 Å². The third-order valence-electron chi connectivity index (χ3n) is 3.75. The van der Waals surface area contributed by atoms with Crippen LogP contribution in [0.1, 0.15) is 25.5 Å². The average molecular weight is 338 g/mol. The molecule has 0 amide bonds. The molecule has 0 saturated carbocycles. The van der Waals surface area contributed by atoms with Crippen LogP contribution in [0.15, 0.2) is 30.3 Å². The van der Waals surface area contributed by atoms with Crippen LogP contribution in [-0.2, 0) is 10.1 Å². The molecular formula is C16H22N2O4S. The lowest BCUT2D eigenvalue weighted by Crippen LogP contribution is -2.31. The fourth-order valence-electron chi connectivity index (χ4n) is 2.70. The number of aliphatic hydroxyl groups is 1. The van der Waals surface area contributed by atoms with Crippen LogP contribution in [0.3, 0.4) is 0 Å². The molecule has 0 aliphatic heterocycles. The average Bonchev–Trinajstić information content (AvgIpc) is 2.50. The Morgan fingerprint density at radius 1 is 1.22 bits per heavy atom. The second-order valence-corrected chi connectivity index (χ2v) is 6.85. The first-order valence-electron chi connectivity index (χ1n) is 7.53. The SMILES string of the molecule is CCN(CC)C(CO)c1cccc2ccc(OS(C)(=O)=O)nc12. The summed E-state index contributed by atoms with van der Waals surface area (Å²) in [5, 5.41) is 10.7. The predicted octanol–water partition coefficient (Wildman–Crippen LogP) is 1.95. The minimum Gasteiger partial charge on any atom is -0.394 e. The zero-order valence-electron chi connectivity index (χ0n) is 13.6. The zero-order chi connectivity index (χ0) is 17.0. The molecule has 1 N–H and O–H groups in total.